The van der Waals surface area contributed by atoms with Crippen molar-refractivity contribution in [1.29, 1.82) is 0 Å². The van der Waals surface area contributed by atoms with E-state index in [0.29, 0.717) is 60.8 Å². The second kappa shape index (κ2) is 11.4. The van der Waals surface area contributed by atoms with Crippen molar-refractivity contribution in [3.8, 4) is 11.5 Å². The molecule has 1 fully saturated rings. The van der Waals surface area contributed by atoms with E-state index in [1.54, 1.807) is 17.0 Å². The quantitative estimate of drug-likeness (QED) is 0.374. The maximum atomic E-state index is 13.2. The first-order chi connectivity index (χ1) is 17.4. The zero-order valence-corrected chi connectivity index (χ0v) is 20.5. The molecule has 0 aromatic heterocycles. The summed E-state index contributed by atoms with van der Waals surface area (Å²) in [6.07, 6.45) is 0.259. The molecule has 4 rings (SSSR count). The van der Waals surface area contributed by atoms with Gasteiger partial charge in [0, 0.05) is 56.3 Å². The summed E-state index contributed by atoms with van der Waals surface area (Å²) in [5.74, 6) is -0.709. The van der Waals surface area contributed by atoms with Crippen LogP contribution in [0.1, 0.15) is 28.8 Å². The predicted octanol–water partition coefficient (Wildman–Crippen LogP) is -0.689. The number of fused-ring (bicyclic) bond motifs is 3. The van der Waals surface area contributed by atoms with E-state index in [2.05, 4.69) is 10.2 Å². The minimum atomic E-state index is -1.14. The molecule has 3 aliphatic rings. The molecule has 0 bridgehead atoms. The van der Waals surface area contributed by atoms with Gasteiger partial charge < -0.3 is 34.6 Å². The highest BCUT2D eigenvalue weighted by Gasteiger charge is 2.51. The molecule has 11 heteroatoms. The molecule has 2 heterocycles. The lowest BCUT2D eigenvalue weighted by molar-refractivity contribution is -0.135. The third kappa shape index (κ3) is 5.10. The molecule has 3 N–H and O–H groups in total. The van der Waals surface area contributed by atoms with E-state index in [-0.39, 0.29) is 19.1 Å². The second-order valence-electron chi connectivity index (χ2n) is 9.07. The number of nitrogens with zero attached hydrogens (tertiary/aromatic N) is 2. The summed E-state index contributed by atoms with van der Waals surface area (Å²) in [7, 11) is 1.45. The van der Waals surface area contributed by atoms with Crippen LogP contribution in [0.15, 0.2) is 23.8 Å². The number of carbonyl (C=O) groups excluding carboxylic acids is 3. The molecule has 1 aliphatic carbocycles. The minimum absolute atomic E-state index is 0.0413. The van der Waals surface area contributed by atoms with Crippen molar-refractivity contribution in [2.75, 3.05) is 59.7 Å². The van der Waals surface area contributed by atoms with Gasteiger partial charge in [-0.1, -0.05) is 0 Å². The third-order valence-corrected chi connectivity index (χ3v) is 6.94. The van der Waals surface area contributed by atoms with Gasteiger partial charge in [-0.25, -0.2) is 0 Å². The smallest absolute Gasteiger partial charge is 0.247 e. The van der Waals surface area contributed by atoms with E-state index in [9.17, 15) is 24.6 Å². The first kappa shape index (κ1) is 26.1. The van der Waals surface area contributed by atoms with E-state index in [4.69, 9.17) is 14.2 Å². The number of nitrogens with one attached hydrogen (secondary N) is 1. The van der Waals surface area contributed by atoms with Crippen molar-refractivity contribution in [2.24, 2.45) is 0 Å². The molecule has 0 radical (unpaired) electrons. The fourth-order valence-corrected chi connectivity index (χ4v) is 5.15. The highest BCUT2D eigenvalue weighted by atomic mass is 16.5. The standard InChI is InChI=1S/C25H33N3O8/c1-15(31)28(5-4-27-6-9-35-10-7-27)19-13-18(25(33)26-3-8-29)21-17-11-16(14-30)12-20(34-2)23(17)36-24(21)22(19)32/h11-14,19,21-22,24,29,32H,3-10H2,1-2H3,(H,26,33). The second-order valence-corrected chi connectivity index (χ2v) is 9.07. The minimum Gasteiger partial charge on any atom is -0.493 e. The summed E-state index contributed by atoms with van der Waals surface area (Å²) in [6, 6.07) is 2.34. The summed E-state index contributed by atoms with van der Waals surface area (Å²) in [5.41, 5.74) is 1.19. The van der Waals surface area contributed by atoms with Gasteiger partial charge in [0.2, 0.25) is 11.8 Å². The highest BCUT2D eigenvalue weighted by Crippen LogP contribution is 2.51. The van der Waals surface area contributed by atoms with Crippen molar-refractivity contribution in [3.63, 3.8) is 0 Å². The van der Waals surface area contributed by atoms with E-state index in [1.165, 1.54) is 20.1 Å². The molecule has 1 aromatic carbocycles. The Hall–Kier alpha value is -2.99. The summed E-state index contributed by atoms with van der Waals surface area (Å²) in [6.45, 7) is 4.94. The molecule has 1 saturated heterocycles. The average Bonchev–Trinajstić information content (AvgIpc) is 3.28. The van der Waals surface area contributed by atoms with Gasteiger partial charge in [-0.05, 0) is 18.2 Å². The first-order valence-electron chi connectivity index (χ1n) is 12.1. The maximum Gasteiger partial charge on any atom is 0.247 e. The Morgan fingerprint density at radius 1 is 1.31 bits per heavy atom. The van der Waals surface area contributed by atoms with Crippen LogP contribution in [0.3, 0.4) is 0 Å². The number of aliphatic hydroxyl groups is 2. The molecule has 196 valence electrons. The van der Waals surface area contributed by atoms with E-state index < -0.39 is 30.1 Å². The number of amides is 2. The Morgan fingerprint density at radius 3 is 2.69 bits per heavy atom. The summed E-state index contributed by atoms with van der Waals surface area (Å²) < 4.78 is 17.0. The van der Waals surface area contributed by atoms with Crippen LogP contribution < -0.4 is 14.8 Å². The van der Waals surface area contributed by atoms with Crippen molar-refractivity contribution in [2.45, 2.75) is 31.1 Å². The summed E-state index contributed by atoms with van der Waals surface area (Å²) in [4.78, 5) is 41.2. The van der Waals surface area contributed by atoms with Crippen LogP contribution in [-0.2, 0) is 14.3 Å². The zero-order chi connectivity index (χ0) is 25.8. The summed E-state index contributed by atoms with van der Waals surface area (Å²) >= 11 is 0. The predicted molar refractivity (Wildman–Crippen MR) is 128 cm³/mol. The SMILES string of the molecule is COc1cc(C=O)cc2c1OC1C2C(C(=O)NCCO)=CC(N(CCN2CCOCC2)C(C)=O)C1O. The largest absolute Gasteiger partial charge is 0.493 e. The molecular weight excluding hydrogens is 470 g/mol. The van der Waals surface area contributed by atoms with Crippen molar-refractivity contribution in [3.05, 3.63) is 34.9 Å². The van der Waals surface area contributed by atoms with Crippen LogP contribution in [-0.4, -0.2) is 116 Å². The number of carbonyl (C=O) groups is 3. The average molecular weight is 504 g/mol. The van der Waals surface area contributed by atoms with Gasteiger partial charge >= 0.3 is 0 Å². The van der Waals surface area contributed by atoms with Gasteiger partial charge in [0.15, 0.2) is 11.5 Å². The van der Waals surface area contributed by atoms with Crippen LogP contribution in [0.25, 0.3) is 0 Å². The number of rotatable bonds is 9. The summed E-state index contributed by atoms with van der Waals surface area (Å²) in [5, 5.41) is 23.3. The Kier molecular flexibility index (Phi) is 8.24. The van der Waals surface area contributed by atoms with E-state index >= 15 is 0 Å². The fourth-order valence-electron chi connectivity index (χ4n) is 5.15. The lowest BCUT2D eigenvalue weighted by atomic mass is 9.77. The van der Waals surface area contributed by atoms with Gasteiger partial charge in [0.25, 0.3) is 0 Å². The van der Waals surface area contributed by atoms with Crippen LogP contribution in [0.2, 0.25) is 0 Å². The molecule has 36 heavy (non-hydrogen) atoms. The Labute approximate surface area is 209 Å². The van der Waals surface area contributed by atoms with Crippen molar-refractivity contribution < 1.29 is 38.8 Å². The molecule has 4 unspecified atom stereocenters. The van der Waals surface area contributed by atoms with Gasteiger partial charge in [-0.3, -0.25) is 19.3 Å². The topological polar surface area (TPSA) is 138 Å². The van der Waals surface area contributed by atoms with E-state index in [1.807, 2.05) is 0 Å². The first-order valence-corrected chi connectivity index (χ1v) is 12.1. The highest BCUT2D eigenvalue weighted by molar-refractivity contribution is 5.96. The van der Waals surface area contributed by atoms with Crippen LogP contribution >= 0.6 is 0 Å². The molecule has 11 nitrogen and oxygen atoms in total. The van der Waals surface area contributed by atoms with Crippen LogP contribution in [0, 0.1) is 0 Å². The lowest BCUT2D eigenvalue weighted by Crippen LogP contribution is -2.56. The molecule has 2 aliphatic heterocycles. The molecular formula is C25H33N3O8. The van der Waals surface area contributed by atoms with Crippen molar-refractivity contribution >= 4 is 18.1 Å². The number of hydrogen-bond donors (Lipinski definition) is 3. The van der Waals surface area contributed by atoms with Gasteiger partial charge in [0.1, 0.15) is 18.5 Å². The maximum absolute atomic E-state index is 13.2. The number of aldehydes is 1. The zero-order valence-electron chi connectivity index (χ0n) is 20.5. The number of ether oxygens (including phenoxy) is 3. The monoisotopic (exact) mass is 503 g/mol. The van der Waals surface area contributed by atoms with E-state index in [0.717, 1.165) is 13.1 Å². The number of benzene rings is 1. The number of aliphatic hydroxyl groups excluding tert-OH is 2. The lowest BCUT2D eigenvalue weighted by Gasteiger charge is -2.41. The molecule has 0 spiro atoms. The van der Waals surface area contributed by atoms with Crippen molar-refractivity contribution in [1.82, 2.24) is 15.1 Å². The van der Waals surface area contributed by atoms with Gasteiger partial charge in [-0.2, -0.15) is 0 Å². The van der Waals surface area contributed by atoms with Crippen LogP contribution in [0.5, 0.6) is 11.5 Å². The number of methoxy groups -OCH3 is 1. The Morgan fingerprint density at radius 2 is 2.06 bits per heavy atom. The molecule has 0 saturated carbocycles. The number of morpholine rings is 1. The fraction of sp³-hybridized carbons (Fsp3) is 0.560. The molecule has 2 amide bonds. The normalized spacial score (nSPS) is 25.2. The molecule has 4 atom stereocenters. The Balaban J connectivity index is 1.71. The number of hydrogen-bond acceptors (Lipinski definition) is 9. The van der Waals surface area contributed by atoms with Gasteiger partial charge in [0.05, 0.1) is 38.9 Å². The van der Waals surface area contributed by atoms with Gasteiger partial charge in [-0.15, -0.1) is 0 Å². The molecule has 1 aromatic rings. The van der Waals surface area contributed by atoms with Crippen LogP contribution in [0.4, 0.5) is 0 Å². The third-order valence-electron chi connectivity index (χ3n) is 6.94. The Bertz CT molecular complexity index is 1020.